The van der Waals surface area contributed by atoms with Gasteiger partial charge in [0.05, 0.1) is 24.9 Å². The van der Waals surface area contributed by atoms with Gasteiger partial charge in [-0.3, -0.25) is 9.88 Å². The van der Waals surface area contributed by atoms with E-state index in [1.165, 1.54) is 17.7 Å². The summed E-state index contributed by atoms with van der Waals surface area (Å²) < 4.78 is 18.7. The number of benzene rings is 1. The first kappa shape index (κ1) is 14.2. The molecule has 1 aromatic heterocycles. The highest BCUT2D eigenvalue weighted by Crippen LogP contribution is 2.26. The van der Waals surface area contributed by atoms with Gasteiger partial charge in [0.15, 0.2) is 0 Å². The van der Waals surface area contributed by atoms with Gasteiger partial charge in [0.2, 0.25) is 0 Å². The summed E-state index contributed by atoms with van der Waals surface area (Å²) in [6, 6.07) is 10.9. The normalized spacial score (nSPS) is 19.6. The van der Waals surface area contributed by atoms with Crippen molar-refractivity contribution in [1.29, 1.82) is 0 Å². The zero-order valence-electron chi connectivity index (χ0n) is 12.1. The predicted octanol–water partition coefficient (Wildman–Crippen LogP) is 3.10. The summed E-state index contributed by atoms with van der Waals surface area (Å²) >= 11 is 0. The number of aryl methyl sites for hydroxylation is 1. The molecule has 21 heavy (non-hydrogen) atoms. The molecule has 0 radical (unpaired) electrons. The van der Waals surface area contributed by atoms with Gasteiger partial charge in [-0.05, 0) is 36.2 Å². The Hall–Kier alpha value is -1.78. The van der Waals surface area contributed by atoms with Gasteiger partial charge in [0.25, 0.3) is 0 Å². The predicted molar refractivity (Wildman–Crippen MR) is 79.3 cm³/mol. The van der Waals surface area contributed by atoms with Crippen molar-refractivity contribution in [3.63, 3.8) is 0 Å². The van der Waals surface area contributed by atoms with Crippen LogP contribution in [0.15, 0.2) is 42.6 Å². The highest BCUT2D eigenvalue weighted by Gasteiger charge is 2.25. The van der Waals surface area contributed by atoms with Gasteiger partial charge >= 0.3 is 0 Å². The largest absolute Gasteiger partial charge is 0.378 e. The molecule has 1 atom stereocenters. The number of hydrogen-bond donors (Lipinski definition) is 0. The smallest absolute Gasteiger partial charge is 0.123 e. The summed E-state index contributed by atoms with van der Waals surface area (Å²) in [7, 11) is 0. The number of rotatable bonds is 3. The van der Waals surface area contributed by atoms with E-state index in [0.29, 0.717) is 6.61 Å². The molecule has 1 aromatic carbocycles. The Morgan fingerprint density at radius 3 is 2.86 bits per heavy atom. The fraction of sp³-hybridized carbons (Fsp3) is 0.353. The number of morpholine rings is 1. The van der Waals surface area contributed by atoms with Gasteiger partial charge in [-0.1, -0.05) is 18.2 Å². The Balaban J connectivity index is 1.81. The van der Waals surface area contributed by atoms with E-state index >= 15 is 0 Å². The lowest BCUT2D eigenvalue weighted by Gasteiger charge is -2.35. The monoisotopic (exact) mass is 286 g/mol. The van der Waals surface area contributed by atoms with Crippen molar-refractivity contribution in [2.45, 2.75) is 19.5 Å². The van der Waals surface area contributed by atoms with Gasteiger partial charge < -0.3 is 4.74 Å². The first-order valence-corrected chi connectivity index (χ1v) is 7.22. The molecule has 1 aliphatic heterocycles. The Kier molecular flexibility index (Phi) is 4.27. The van der Waals surface area contributed by atoms with Crippen LogP contribution in [0.5, 0.6) is 0 Å². The third-order valence-corrected chi connectivity index (χ3v) is 3.96. The molecule has 0 saturated carbocycles. The van der Waals surface area contributed by atoms with Crippen LogP contribution in [0.1, 0.15) is 22.9 Å². The lowest BCUT2D eigenvalue weighted by atomic mass is 10.0. The maximum absolute atomic E-state index is 13.1. The molecular formula is C17H19FN2O. The molecule has 110 valence electrons. The average molecular weight is 286 g/mol. The highest BCUT2D eigenvalue weighted by atomic mass is 19.1. The minimum Gasteiger partial charge on any atom is -0.378 e. The lowest BCUT2D eigenvalue weighted by Crippen LogP contribution is -2.39. The standard InChI is InChI=1S/C17H19FN2O/c1-13-3-2-8-19-16(13)11-20-9-10-21-12-17(20)14-4-6-15(18)7-5-14/h2-8,17H,9-12H2,1H3. The first-order chi connectivity index (χ1) is 10.2. The summed E-state index contributed by atoms with van der Waals surface area (Å²) in [6.07, 6.45) is 1.83. The fourth-order valence-corrected chi connectivity index (χ4v) is 2.70. The third kappa shape index (κ3) is 3.28. The Morgan fingerprint density at radius 1 is 1.29 bits per heavy atom. The zero-order valence-corrected chi connectivity index (χ0v) is 12.1. The number of hydrogen-bond acceptors (Lipinski definition) is 3. The van der Waals surface area contributed by atoms with Crippen LogP contribution >= 0.6 is 0 Å². The summed E-state index contributed by atoms with van der Waals surface area (Å²) in [5.41, 5.74) is 3.37. The molecule has 4 heteroatoms. The highest BCUT2D eigenvalue weighted by molar-refractivity contribution is 5.22. The number of halogens is 1. The molecule has 2 heterocycles. The maximum atomic E-state index is 13.1. The summed E-state index contributed by atoms with van der Waals surface area (Å²) in [5, 5.41) is 0. The number of pyridine rings is 1. The number of ether oxygens (including phenoxy) is 1. The van der Waals surface area contributed by atoms with Crippen LogP contribution in [0.4, 0.5) is 4.39 Å². The SMILES string of the molecule is Cc1cccnc1CN1CCOCC1c1ccc(F)cc1. The van der Waals surface area contributed by atoms with E-state index in [2.05, 4.69) is 22.9 Å². The number of nitrogens with zero attached hydrogens (tertiary/aromatic N) is 2. The Labute approximate surface area is 124 Å². The second kappa shape index (κ2) is 6.33. The molecule has 1 aliphatic rings. The van der Waals surface area contributed by atoms with E-state index in [9.17, 15) is 4.39 Å². The van der Waals surface area contributed by atoms with Crippen LogP contribution in [0.3, 0.4) is 0 Å². The van der Waals surface area contributed by atoms with E-state index in [4.69, 9.17) is 4.74 Å². The molecule has 1 saturated heterocycles. The number of aromatic nitrogens is 1. The Morgan fingerprint density at radius 2 is 2.10 bits per heavy atom. The summed E-state index contributed by atoms with van der Waals surface area (Å²) in [5.74, 6) is -0.206. The van der Waals surface area contributed by atoms with Crippen LogP contribution in [0.2, 0.25) is 0 Å². The van der Waals surface area contributed by atoms with Crippen molar-refractivity contribution < 1.29 is 9.13 Å². The van der Waals surface area contributed by atoms with Gasteiger partial charge in [-0.15, -0.1) is 0 Å². The van der Waals surface area contributed by atoms with Crippen molar-refractivity contribution in [2.24, 2.45) is 0 Å². The molecule has 0 N–H and O–H groups in total. The Bertz CT molecular complexity index is 600. The van der Waals surface area contributed by atoms with E-state index in [0.717, 1.165) is 31.0 Å². The molecule has 0 amide bonds. The maximum Gasteiger partial charge on any atom is 0.123 e. The molecular weight excluding hydrogens is 267 g/mol. The lowest BCUT2D eigenvalue weighted by molar-refractivity contribution is -0.0133. The van der Waals surface area contributed by atoms with E-state index in [1.807, 2.05) is 24.4 Å². The van der Waals surface area contributed by atoms with Crippen LogP contribution in [-0.2, 0) is 11.3 Å². The minimum absolute atomic E-state index is 0.153. The molecule has 0 spiro atoms. The van der Waals surface area contributed by atoms with Crippen molar-refractivity contribution in [3.8, 4) is 0 Å². The first-order valence-electron chi connectivity index (χ1n) is 7.22. The third-order valence-electron chi connectivity index (χ3n) is 3.96. The average Bonchev–Trinajstić information content (AvgIpc) is 2.51. The molecule has 0 aliphatic carbocycles. The van der Waals surface area contributed by atoms with Gasteiger partial charge in [-0.25, -0.2) is 4.39 Å². The molecule has 3 rings (SSSR count). The second-order valence-electron chi connectivity index (χ2n) is 5.38. The molecule has 2 aromatic rings. The molecule has 0 bridgehead atoms. The fourth-order valence-electron chi connectivity index (χ4n) is 2.70. The van der Waals surface area contributed by atoms with Gasteiger partial charge in [0, 0.05) is 19.3 Å². The van der Waals surface area contributed by atoms with Crippen LogP contribution in [0, 0.1) is 12.7 Å². The van der Waals surface area contributed by atoms with Crippen LogP contribution in [0.25, 0.3) is 0 Å². The topological polar surface area (TPSA) is 25.4 Å². The zero-order chi connectivity index (χ0) is 14.7. The van der Waals surface area contributed by atoms with Crippen molar-refractivity contribution in [1.82, 2.24) is 9.88 Å². The molecule has 1 unspecified atom stereocenters. The van der Waals surface area contributed by atoms with Crippen molar-refractivity contribution in [2.75, 3.05) is 19.8 Å². The second-order valence-corrected chi connectivity index (χ2v) is 5.38. The van der Waals surface area contributed by atoms with Crippen LogP contribution < -0.4 is 0 Å². The van der Waals surface area contributed by atoms with Crippen LogP contribution in [-0.4, -0.2) is 29.6 Å². The van der Waals surface area contributed by atoms with E-state index in [1.54, 1.807) is 0 Å². The van der Waals surface area contributed by atoms with Crippen molar-refractivity contribution in [3.05, 3.63) is 65.2 Å². The molecule has 3 nitrogen and oxygen atoms in total. The van der Waals surface area contributed by atoms with Gasteiger partial charge in [-0.2, -0.15) is 0 Å². The van der Waals surface area contributed by atoms with E-state index < -0.39 is 0 Å². The van der Waals surface area contributed by atoms with Crippen molar-refractivity contribution >= 4 is 0 Å². The van der Waals surface area contributed by atoms with E-state index in [-0.39, 0.29) is 11.9 Å². The van der Waals surface area contributed by atoms with Gasteiger partial charge in [0.1, 0.15) is 5.82 Å². The molecule has 1 fully saturated rings. The quantitative estimate of drug-likeness (QED) is 0.867. The summed E-state index contributed by atoms with van der Waals surface area (Å²) in [6.45, 7) is 5.09. The minimum atomic E-state index is -0.206. The summed E-state index contributed by atoms with van der Waals surface area (Å²) in [4.78, 5) is 6.83.